The number of carbonyl (C=O) groups is 2. The van der Waals surface area contributed by atoms with Gasteiger partial charge in [-0.3, -0.25) is 4.79 Å². The molecule has 0 saturated heterocycles. The van der Waals surface area contributed by atoms with Crippen LogP contribution in [-0.4, -0.2) is 40.9 Å². The summed E-state index contributed by atoms with van der Waals surface area (Å²) in [5.41, 5.74) is 2.90. The number of methoxy groups -OCH3 is 1. The molecule has 27 heavy (non-hydrogen) atoms. The Balaban J connectivity index is 2.89. The van der Waals surface area contributed by atoms with Crippen LogP contribution in [0.2, 0.25) is 5.02 Å². The highest BCUT2D eigenvalue weighted by molar-refractivity contribution is 6.32. The van der Waals surface area contributed by atoms with E-state index in [1.165, 1.54) is 19.2 Å². The Morgan fingerprint density at radius 3 is 2.37 bits per heavy atom. The number of hydrogen-bond acceptors (Lipinski definition) is 6. The number of nitrogens with one attached hydrogen (secondary N) is 1. The van der Waals surface area contributed by atoms with Crippen LogP contribution in [0.5, 0.6) is 11.5 Å². The molecule has 2 aromatic rings. The van der Waals surface area contributed by atoms with E-state index in [4.69, 9.17) is 26.8 Å². The molecule has 0 unspecified atom stereocenters. The SMILES string of the molecule is CCCOc1c(Cl)cc(-c2c(C(=O)O)c(N)[nH]c(=O)c2C(=O)O)cc1OC. The number of hydrogen-bond donors (Lipinski definition) is 4. The summed E-state index contributed by atoms with van der Waals surface area (Å²) in [5.74, 6) is -3.24. The summed E-state index contributed by atoms with van der Waals surface area (Å²) in [6.45, 7) is 2.25. The van der Waals surface area contributed by atoms with Crippen LogP contribution in [0.3, 0.4) is 0 Å². The maximum atomic E-state index is 12.1. The van der Waals surface area contributed by atoms with Crippen molar-refractivity contribution in [1.82, 2.24) is 4.98 Å². The van der Waals surface area contributed by atoms with Crippen LogP contribution < -0.4 is 20.8 Å². The Kier molecular flexibility index (Phi) is 5.96. The zero-order chi connectivity index (χ0) is 20.3. The van der Waals surface area contributed by atoms with Crippen LogP contribution in [0.15, 0.2) is 16.9 Å². The van der Waals surface area contributed by atoms with Crippen molar-refractivity contribution in [3.05, 3.63) is 38.6 Å². The van der Waals surface area contributed by atoms with Gasteiger partial charge in [-0.1, -0.05) is 18.5 Å². The maximum Gasteiger partial charge on any atom is 0.342 e. The molecule has 0 fully saturated rings. The molecule has 144 valence electrons. The number of aromatic nitrogens is 1. The topological polar surface area (TPSA) is 152 Å². The van der Waals surface area contributed by atoms with E-state index in [0.29, 0.717) is 13.0 Å². The van der Waals surface area contributed by atoms with E-state index >= 15 is 0 Å². The minimum atomic E-state index is -1.62. The average Bonchev–Trinajstić information content (AvgIpc) is 2.58. The van der Waals surface area contributed by atoms with Crippen molar-refractivity contribution in [2.24, 2.45) is 0 Å². The van der Waals surface area contributed by atoms with E-state index in [0.717, 1.165) is 0 Å². The summed E-state index contributed by atoms with van der Waals surface area (Å²) in [7, 11) is 1.34. The molecule has 0 aliphatic heterocycles. The second-order valence-corrected chi connectivity index (χ2v) is 5.85. The maximum absolute atomic E-state index is 12.1. The highest BCUT2D eigenvalue weighted by Gasteiger charge is 2.28. The fourth-order valence-electron chi connectivity index (χ4n) is 2.54. The number of carboxylic acid groups (broad SMARTS) is 2. The van der Waals surface area contributed by atoms with Gasteiger partial charge < -0.3 is 30.4 Å². The minimum Gasteiger partial charge on any atom is -0.493 e. The number of rotatable bonds is 7. The van der Waals surface area contributed by atoms with Crippen molar-refractivity contribution in [2.45, 2.75) is 13.3 Å². The predicted octanol–water partition coefficient (Wildman–Crippen LogP) is 2.47. The molecular formula is C17H17ClN2O7. The van der Waals surface area contributed by atoms with Crippen molar-refractivity contribution in [3.8, 4) is 22.6 Å². The number of pyridine rings is 1. The fraction of sp³-hybridized carbons (Fsp3) is 0.235. The van der Waals surface area contributed by atoms with Crippen molar-refractivity contribution in [3.63, 3.8) is 0 Å². The molecule has 0 aliphatic carbocycles. The number of ether oxygens (including phenoxy) is 2. The zero-order valence-corrected chi connectivity index (χ0v) is 15.2. The first-order valence-corrected chi connectivity index (χ1v) is 8.13. The van der Waals surface area contributed by atoms with Gasteiger partial charge in [-0.05, 0) is 24.1 Å². The molecule has 1 aromatic heterocycles. The molecule has 0 radical (unpaired) electrons. The summed E-state index contributed by atoms with van der Waals surface area (Å²) in [4.78, 5) is 37.4. The van der Waals surface area contributed by atoms with Gasteiger partial charge in [0.1, 0.15) is 16.9 Å². The van der Waals surface area contributed by atoms with Crippen LogP contribution in [0.4, 0.5) is 5.82 Å². The number of benzene rings is 1. The molecule has 1 heterocycles. The van der Waals surface area contributed by atoms with Gasteiger partial charge in [-0.25, -0.2) is 9.59 Å². The lowest BCUT2D eigenvalue weighted by Crippen LogP contribution is -2.24. The van der Waals surface area contributed by atoms with E-state index in [1.807, 2.05) is 11.9 Å². The Labute approximate surface area is 158 Å². The first-order chi connectivity index (χ1) is 12.7. The number of carboxylic acids is 2. The van der Waals surface area contributed by atoms with Crippen molar-refractivity contribution >= 4 is 29.4 Å². The van der Waals surface area contributed by atoms with Crippen LogP contribution >= 0.6 is 11.6 Å². The number of nitrogen functional groups attached to an aromatic ring is 1. The number of aromatic amines is 1. The number of halogens is 1. The Hall–Kier alpha value is -3.20. The second-order valence-electron chi connectivity index (χ2n) is 5.44. The normalized spacial score (nSPS) is 10.5. The van der Waals surface area contributed by atoms with Crippen LogP contribution in [0.25, 0.3) is 11.1 Å². The van der Waals surface area contributed by atoms with E-state index in [9.17, 15) is 24.6 Å². The number of anilines is 1. The summed E-state index contributed by atoms with van der Waals surface area (Å²) >= 11 is 6.23. The average molecular weight is 397 g/mol. The molecule has 0 amide bonds. The van der Waals surface area contributed by atoms with Gasteiger partial charge in [0.15, 0.2) is 11.5 Å². The third-order valence-corrected chi connectivity index (χ3v) is 3.92. The van der Waals surface area contributed by atoms with Crippen LogP contribution in [-0.2, 0) is 0 Å². The highest BCUT2D eigenvalue weighted by atomic mass is 35.5. The highest BCUT2D eigenvalue weighted by Crippen LogP contribution is 2.41. The Bertz CT molecular complexity index is 969. The monoisotopic (exact) mass is 396 g/mol. The number of nitrogens with two attached hydrogens (primary N) is 1. The van der Waals surface area contributed by atoms with Gasteiger partial charge in [0, 0.05) is 5.56 Å². The lowest BCUT2D eigenvalue weighted by molar-refractivity contribution is 0.0695. The van der Waals surface area contributed by atoms with Gasteiger partial charge in [-0.15, -0.1) is 0 Å². The second kappa shape index (κ2) is 8.00. The molecule has 0 aliphatic rings. The van der Waals surface area contributed by atoms with Crippen molar-refractivity contribution < 1.29 is 29.3 Å². The number of H-pyrrole nitrogens is 1. The Morgan fingerprint density at radius 2 is 1.85 bits per heavy atom. The zero-order valence-electron chi connectivity index (χ0n) is 14.5. The van der Waals surface area contributed by atoms with Gasteiger partial charge in [0.05, 0.1) is 18.7 Å². The lowest BCUT2D eigenvalue weighted by Gasteiger charge is -2.16. The smallest absolute Gasteiger partial charge is 0.342 e. The third kappa shape index (κ3) is 3.82. The lowest BCUT2D eigenvalue weighted by atomic mass is 9.95. The van der Waals surface area contributed by atoms with Gasteiger partial charge in [0.2, 0.25) is 0 Å². The van der Waals surface area contributed by atoms with Crippen LogP contribution in [0.1, 0.15) is 34.1 Å². The molecule has 5 N–H and O–H groups in total. The molecule has 0 atom stereocenters. The molecule has 2 rings (SSSR count). The third-order valence-electron chi connectivity index (χ3n) is 3.64. The summed E-state index contributed by atoms with van der Waals surface area (Å²) in [5, 5.41) is 19.0. The van der Waals surface area contributed by atoms with Gasteiger partial charge >= 0.3 is 11.9 Å². The van der Waals surface area contributed by atoms with Gasteiger partial charge in [-0.2, -0.15) is 0 Å². The van der Waals surface area contributed by atoms with Crippen molar-refractivity contribution in [1.29, 1.82) is 0 Å². The largest absolute Gasteiger partial charge is 0.493 e. The molecule has 0 spiro atoms. The summed E-state index contributed by atoms with van der Waals surface area (Å²) in [6.07, 6.45) is 0.707. The molecular weight excluding hydrogens is 380 g/mol. The molecule has 10 heteroatoms. The summed E-state index contributed by atoms with van der Waals surface area (Å²) < 4.78 is 10.7. The standard InChI is InChI=1S/C17H17ClN2O7/c1-3-4-27-13-8(18)5-7(6-9(13)26-2)10-11(16(22)23)14(19)20-15(21)12(10)17(24)25/h5-6H,3-4H2,1-2H3,(H,22,23)(H,24,25)(H3,19,20,21). The minimum absolute atomic E-state index is 0.0355. The van der Waals surface area contributed by atoms with Crippen molar-refractivity contribution in [2.75, 3.05) is 19.5 Å². The molecule has 9 nitrogen and oxygen atoms in total. The van der Waals surface area contributed by atoms with Crippen LogP contribution in [0, 0.1) is 0 Å². The first kappa shape index (κ1) is 20.1. The fourth-order valence-corrected chi connectivity index (χ4v) is 2.81. The summed E-state index contributed by atoms with van der Waals surface area (Å²) in [6, 6.07) is 2.63. The molecule has 1 aromatic carbocycles. The number of aromatic carboxylic acids is 2. The van der Waals surface area contributed by atoms with E-state index in [1.54, 1.807) is 0 Å². The molecule has 0 bridgehead atoms. The Morgan fingerprint density at radius 1 is 1.22 bits per heavy atom. The van der Waals surface area contributed by atoms with E-state index < -0.39 is 34.4 Å². The quantitative estimate of drug-likeness (QED) is 0.556. The van der Waals surface area contributed by atoms with Gasteiger partial charge in [0.25, 0.3) is 5.56 Å². The first-order valence-electron chi connectivity index (χ1n) is 7.75. The predicted molar refractivity (Wildman–Crippen MR) is 98.2 cm³/mol. The van der Waals surface area contributed by atoms with E-state index in [2.05, 4.69) is 0 Å². The molecule has 0 saturated carbocycles. The van der Waals surface area contributed by atoms with E-state index in [-0.39, 0.29) is 27.6 Å².